The summed E-state index contributed by atoms with van der Waals surface area (Å²) in [6, 6.07) is 4.75. The van der Waals surface area contributed by atoms with Crippen molar-refractivity contribution in [3.05, 3.63) is 28.8 Å². The van der Waals surface area contributed by atoms with E-state index in [-0.39, 0.29) is 0 Å². The van der Waals surface area contributed by atoms with Crippen molar-refractivity contribution in [2.75, 3.05) is 20.2 Å². The third-order valence-electron chi connectivity index (χ3n) is 3.71. The highest BCUT2D eigenvalue weighted by molar-refractivity contribution is 5.41. The first-order valence-corrected chi connectivity index (χ1v) is 7.07. The standard InChI is InChI=1S/C16H28N2O/c1-11(2)15(10-17)18-7-6-14-8-13(4)16(19-5)9-12(14)3/h8-9,11,15,18H,6-7,10,17H2,1-5H3. The van der Waals surface area contributed by atoms with Crippen molar-refractivity contribution < 1.29 is 4.74 Å². The van der Waals surface area contributed by atoms with Crippen LogP contribution in [0.5, 0.6) is 5.75 Å². The second-order valence-corrected chi connectivity index (χ2v) is 5.54. The highest BCUT2D eigenvalue weighted by atomic mass is 16.5. The van der Waals surface area contributed by atoms with E-state index in [1.807, 2.05) is 0 Å². The molecule has 0 aliphatic heterocycles. The number of methoxy groups -OCH3 is 1. The average molecular weight is 264 g/mol. The molecule has 3 heteroatoms. The number of nitrogens with two attached hydrogens (primary N) is 1. The Hall–Kier alpha value is -1.06. The van der Waals surface area contributed by atoms with E-state index in [4.69, 9.17) is 10.5 Å². The summed E-state index contributed by atoms with van der Waals surface area (Å²) >= 11 is 0. The van der Waals surface area contributed by atoms with Crippen LogP contribution in [0.4, 0.5) is 0 Å². The summed E-state index contributed by atoms with van der Waals surface area (Å²) in [6.07, 6.45) is 1.03. The van der Waals surface area contributed by atoms with Crippen LogP contribution in [0.3, 0.4) is 0 Å². The highest BCUT2D eigenvalue weighted by Crippen LogP contribution is 2.22. The van der Waals surface area contributed by atoms with E-state index in [1.54, 1.807) is 7.11 Å². The number of ether oxygens (including phenoxy) is 1. The van der Waals surface area contributed by atoms with Gasteiger partial charge in [0.25, 0.3) is 0 Å². The van der Waals surface area contributed by atoms with Gasteiger partial charge in [0.1, 0.15) is 5.75 Å². The van der Waals surface area contributed by atoms with Gasteiger partial charge in [-0.15, -0.1) is 0 Å². The minimum Gasteiger partial charge on any atom is -0.496 e. The van der Waals surface area contributed by atoms with Gasteiger partial charge in [0.15, 0.2) is 0 Å². The first-order valence-electron chi connectivity index (χ1n) is 7.07. The van der Waals surface area contributed by atoms with E-state index in [1.165, 1.54) is 16.7 Å². The Morgan fingerprint density at radius 2 is 1.89 bits per heavy atom. The fraction of sp³-hybridized carbons (Fsp3) is 0.625. The summed E-state index contributed by atoms with van der Waals surface area (Å²) in [5.41, 5.74) is 9.63. The van der Waals surface area contributed by atoms with Crippen molar-refractivity contribution in [1.29, 1.82) is 0 Å². The summed E-state index contributed by atoms with van der Waals surface area (Å²) in [4.78, 5) is 0. The molecule has 0 aliphatic rings. The minimum absolute atomic E-state index is 0.402. The van der Waals surface area contributed by atoms with Gasteiger partial charge in [-0.1, -0.05) is 19.9 Å². The lowest BCUT2D eigenvalue weighted by Crippen LogP contribution is -2.41. The quantitative estimate of drug-likeness (QED) is 0.795. The largest absolute Gasteiger partial charge is 0.496 e. The molecule has 0 aliphatic carbocycles. The van der Waals surface area contributed by atoms with Gasteiger partial charge in [0.05, 0.1) is 7.11 Å². The summed E-state index contributed by atoms with van der Waals surface area (Å²) in [7, 11) is 1.72. The molecular weight excluding hydrogens is 236 g/mol. The van der Waals surface area contributed by atoms with Crippen molar-refractivity contribution in [3.8, 4) is 5.75 Å². The molecule has 0 amide bonds. The number of hydrogen-bond donors (Lipinski definition) is 2. The first-order chi connectivity index (χ1) is 8.99. The second kappa shape index (κ2) is 7.51. The molecule has 0 fully saturated rings. The van der Waals surface area contributed by atoms with E-state index in [9.17, 15) is 0 Å². The molecule has 3 N–H and O–H groups in total. The molecule has 1 rings (SSSR count). The molecule has 0 spiro atoms. The maximum absolute atomic E-state index is 5.77. The highest BCUT2D eigenvalue weighted by Gasteiger charge is 2.10. The minimum atomic E-state index is 0.402. The zero-order valence-corrected chi connectivity index (χ0v) is 12.9. The van der Waals surface area contributed by atoms with Gasteiger partial charge in [0, 0.05) is 12.6 Å². The lowest BCUT2D eigenvalue weighted by molar-refractivity contribution is 0.407. The Labute approximate surface area is 117 Å². The number of hydrogen-bond acceptors (Lipinski definition) is 3. The van der Waals surface area contributed by atoms with Crippen LogP contribution in [-0.4, -0.2) is 26.2 Å². The molecule has 0 saturated heterocycles. The van der Waals surface area contributed by atoms with E-state index in [0.29, 0.717) is 18.5 Å². The topological polar surface area (TPSA) is 47.3 Å². The molecule has 1 aromatic carbocycles. The fourth-order valence-electron chi connectivity index (χ4n) is 2.32. The third kappa shape index (κ3) is 4.51. The van der Waals surface area contributed by atoms with Crippen LogP contribution in [0.1, 0.15) is 30.5 Å². The first kappa shape index (κ1) is 16.0. The number of benzene rings is 1. The van der Waals surface area contributed by atoms with Crippen molar-refractivity contribution >= 4 is 0 Å². The summed E-state index contributed by atoms with van der Waals surface area (Å²) in [6.45, 7) is 10.3. The van der Waals surface area contributed by atoms with Gasteiger partial charge < -0.3 is 15.8 Å². The molecule has 1 atom stereocenters. The van der Waals surface area contributed by atoms with E-state index in [0.717, 1.165) is 18.7 Å². The van der Waals surface area contributed by atoms with Gasteiger partial charge in [-0.3, -0.25) is 0 Å². The van der Waals surface area contributed by atoms with E-state index in [2.05, 4.69) is 45.1 Å². The molecule has 1 aromatic rings. The SMILES string of the molecule is COc1cc(C)c(CCNC(CN)C(C)C)cc1C. The van der Waals surface area contributed by atoms with Crippen molar-refractivity contribution in [1.82, 2.24) is 5.32 Å². The Morgan fingerprint density at radius 3 is 2.42 bits per heavy atom. The van der Waals surface area contributed by atoms with E-state index >= 15 is 0 Å². The second-order valence-electron chi connectivity index (χ2n) is 5.54. The van der Waals surface area contributed by atoms with Crippen LogP contribution < -0.4 is 15.8 Å². The van der Waals surface area contributed by atoms with Gasteiger partial charge in [-0.2, -0.15) is 0 Å². The zero-order valence-electron chi connectivity index (χ0n) is 12.9. The van der Waals surface area contributed by atoms with Gasteiger partial charge >= 0.3 is 0 Å². The van der Waals surface area contributed by atoms with Crippen molar-refractivity contribution in [2.45, 2.75) is 40.2 Å². The Balaban J connectivity index is 2.61. The predicted molar refractivity (Wildman–Crippen MR) is 81.9 cm³/mol. The van der Waals surface area contributed by atoms with Crippen LogP contribution in [0.2, 0.25) is 0 Å². The molecule has 19 heavy (non-hydrogen) atoms. The molecule has 0 bridgehead atoms. The third-order valence-corrected chi connectivity index (χ3v) is 3.71. The number of nitrogens with one attached hydrogen (secondary N) is 1. The van der Waals surface area contributed by atoms with Crippen LogP contribution in [0.25, 0.3) is 0 Å². The molecule has 0 saturated carbocycles. The average Bonchev–Trinajstić information content (AvgIpc) is 2.37. The normalized spacial score (nSPS) is 12.8. The zero-order chi connectivity index (χ0) is 14.4. The Bertz CT molecular complexity index is 402. The Morgan fingerprint density at radius 1 is 1.21 bits per heavy atom. The number of aryl methyl sites for hydroxylation is 2. The van der Waals surface area contributed by atoms with Crippen molar-refractivity contribution in [3.63, 3.8) is 0 Å². The maximum Gasteiger partial charge on any atom is 0.122 e. The van der Waals surface area contributed by atoms with Gasteiger partial charge in [-0.05, 0) is 55.5 Å². The summed E-state index contributed by atoms with van der Waals surface area (Å²) < 4.78 is 5.34. The van der Waals surface area contributed by atoms with Crippen molar-refractivity contribution in [2.24, 2.45) is 11.7 Å². The smallest absolute Gasteiger partial charge is 0.122 e. The fourth-order valence-corrected chi connectivity index (χ4v) is 2.32. The summed E-state index contributed by atoms with van der Waals surface area (Å²) in [5.74, 6) is 1.54. The van der Waals surface area contributed by atoms with Crippen LogP contribution in [0, 0.1) is 19.8 Å². The molecule has 3 nitrogen and oxygen atoms in total. The lowest BCUT2D eigenvalue weighted by atomic mass is 10.0. The van der Waals surface area contributed by atoms with Gasteiger partial charge in [0.2, 0.25) is 0 Å². The predicted octanol–water partition coefficient (Wildman–Crippen LogP) is 2.43. The molecule has 108 valence electrons. The summed E-state index contributed by atoms with van der Waals surface area (Å²) in [5, 5.41) is 3.54. The molecule has 0 heterocycles. The number of rotatable bonds is 7. The Kier molecular flexibility index (Phi) is 6.32. The molecular formula is C16H28N2O. The molecule has 1 unspecified atom stereocenters. The van der Waals surface area contributed by atoms with E-state index < -0.39 is 0 Å². The lowest BCUT2D eigenvalue weighted by Gasteiger charge is -2.21. The van der Waals surface area contributed by atoms with Crippen LogP contribution in [0.15, 0.2) is 12.1 Å². The van der Waals surface area contributed by atoms with Crippen LogP contribution in [-0.2, 0) is 6.42 Å². The van der Waals surface area contributed by atoms with Gasteiger partial charge in [-0.25, -0.2) is 0 Å². The molecule has 0 radical (unpaired) electrons. The maximum atomic E-state index is 5.77. The monoisotopic (exact) mass is 264 g/mol. The van der Waals surface area contributed by atoms with Crippen LogP contribution >= 0.6 is 0 Å². The molecule has 0 aromatic heterocycles.